The Morgan fingerprint density at radius 3 is 2.91 bits per heavy atom. The van der Waals surface area contributed by atoms with Crippen LogP contribution in [0.4, 0.5) is 10.1 Å². The number of hydrogen-bond acceptors (Lipinski definition) is 1. The molecule has 112 valence electrons. The van der Waals surface area contributed by atoms with Crippen molar-refractivity contribution in [3.05, 3.63) is 77.1 Å². The Hall–Kier alpha value is -2.09. The van der Waals surface area contributed by atoms with E-state index in [1.165, 1.54) is 22.9 Å². The van der Waals surface area contributed by atoms with Crippen LogP contribution in [0.3, 0.4) is 0 Å². The highest BCUT2D eigenvalue weighted by atomic mass is 19.1. The summed E-state index contributed by atoms with van der Waals surface area (Å²) in [5, 5.41) is 3.66. The third-order valence-corrected chi connectivity index (χ3v) is 5.04. The monoisotopic (exact) mass is 293 g/mol. The van der Waals surface area contributed by atoms with Crippen LogP contribution in [0, 0.1) is 11.7 Å². The van der Waals surface area contributed by atoms with E-state index in [9.17, 15) is 4.39 Å². The molecule has 0 fully saturated rings. The summed E-state index contributed by atoms with van der Waals surface area (Å²) in [6, 6.07) is 13.9. The van der Waals surface area contributed by atoms with Crippen LogP contribution < -0.4 is 5.32 Å². The van der Waals surface area contributed by atoms with E-state index >= 15 is 0 Å². The summed E-state index contributed by atoms with van der Waals surface area (Å²) in [7, 11) is 0. The molecule has 0 radical (unpaired) electrons. The summed E-state index contributed by atoms with van der Waals surface area (Å²) < 4.78 is 13.6. The normalized spacial score (nSPS) is 25.5. The van der Waals surface area contributed by atoms with Gasteiger partial charge in [-0.1, -0.05) is 43.3 Å². The highest BCUT2D eigenvalue weighted by Crippen LogP contribution is 2.49. The van der Waals surface area contributed by atoms with Crippen molar-refractivity contribution in [3.63, 3.8) is 0 Å². The standard InChI is InChI=1S/C20H20FN/c1-2-13-9-10-19-18(11-13)16-7-4-8-17(16)20(22-19)14-5-3-6-15(21)12-14/h3-7,9-12,16-17,20,22H,2,8H2,1H3/t16-,17+,20-/m1/s1. The van der Waals surface area contributed by atoms with E-state index < -0.39 is 0 Å². The molecule has 2 aromatic rings. The number of nitrogens with one attached hydrogen (secondary N) is 1. The third-order valence-electron chi connectivity index (χ3n) is 5.04. The fraction of sp³-hybridized carbons (Fsp3) is 0.300. The van der Waals surface area contributed by atoms with Gasteiger partial charge in [-0.25, -0.2) is 4.39 Å². The Morgan fingerprint density at radius 2 is 2.09 bits per heavy atom. The fourth-order valence-electron chi connectivity index (χ4n) is 3.89. The fourth-order valence-corrected chi connectivity index (χ4v) is 3.89. The van der Waals surface area contributed by atoms with E-state index in [1.54, 1.807) is 12.1 Å². The van der Waals surface area contributed by atoms with Crippen LogP contribution in [-0.4, -0.2) is 0 Å². The summed E-state index contributed by atoms with van der Waals surface area (Å²) in [5.74, 6) is 0.756. The first-order valence-corrected chi connectivity index (χ1v) is 8.07. The molecule has 0 saturated heterocycles. The Balaban J connectivity index is 1.78. The van der Waals surface area contributed by atoms with E-state index in [2.05, 4.69) is 42.6 Å². The maximum atomic E-state index is 13.6. The molecule has 4 rings (SSSR count). The average Bonchev–Trinajstić information content (AvgIpc) is 3.03. The molecule has 2 heteroatoms. The topological polar surface area (TPSA) is 12.0 Å². The molecule has 1 nitrogen and oxygen atoms in total. The summed E-state index contributed by atoms with van der Waals surface area (Å²) in [5.41, 5.74) is 5.01. The van der Waals surface area contributed by atoms with Gasteiger partial charge in [0.1, 0.15) is 5.82 Å². The predicted octanol–water partition coefficient (Wildman–Crippen LogP) is 5.21. The van der Waals surface area contributed by atoms with E-state index in [0.29, 0.717) is 11.8 Å². The zero-order valence-electron chi connectivity index (χ0n) is 12.7. The third kappa shape index (κ3) is 2.14. The van der Waals surface area contributed by atoms with Gasteiger partial charge in [-0.15, -0.1) is 0 Å². The van der Waals surface area contributed by atoms with Crippen molar-refractivity contribution in [2.75, 3.05) is 5.32 Å². The van der Waals surface area contributed by atoms with Crippen molar-refractivity contribution in [3.8, 4) is 0 Å². The van der Waals surface area contributed by atoms with Crippen LogP contribution in [0.25, 0.3) is 0 Å². The second-order valence-corrected chi connectivity index (χ2v) is 6.31. The van der Waals surface area contributed by atoms with Gasteiger partial charge in [-0.2, -0.15) is 0 Å². The van der Waals surface area contributed by atoms with E-state index in [-0.39, 0.29) is 11.9 Å². The maximum absolute atomic E-state index is 13.6. The number of hydrogen-bond donors (Lipinski definition) is 1. The summed E-state index contributed by atoms with van der Waals surface area (Å²) in [4.78, 5) is 0. The molecule has 1 N–H and O–H groups in total. The Bertz CT molecular complexity index is 734. The molecular formula is C20H20FN. The minimum atomic E-state index is -0.158. The van der Waals surface area contributed by atoms with Gasteiger partial charge in [0.15, 0.2) is 0 Å². The van der Waals surface area contributed by atoms with Crippen molar-refractivity contribution in [2.24, 2.45) is 5.92 Å². The number of anilines is 1. The van der Waals surface area contributed by atoms with Crippen molar-refractivity contribution in [1.82, 2.24) is 0 Å². The average molecular weight is 293 g/mol. The lowest BCUT2D eigenvalue weighted by molar-refractivity contribution is 0.424. The largest absolute Gasteiger partial charge is 0.378 e. The molecule has 1 heterocycles. The van der Waals surface area contributed by atoms with Crippen molar-refractivity contribution in [1.29, 1.82) is 0 Å². The maximum Gasteiger partial charge on any atom is 0.123 e. The zero-order chi connectivity index (χ0) is 15.1. The minimum absolute atomic E-state index is 0.158. The van der Waals surface area contributed by atoms with Gasteiger partial charge >= 0.3 is 0 Å². The number of aryl methyl sites for hydroxylation is 1. The number of allylic oxidation sites excluding steroid dienone is 2. The van der Waals surface area contributed by atoms with E-state index in [0.717, 1.165) is 18.4 Å². The van der Waals surface area contributed by atoms with Crippen molar-refractivity contribution < 1.29 is 4.39 Å². The lowest BCUT2D eigenvalue weighted by atomic mass is 9.76. The lowest BCUT2D eigenvalue weighted by Crippen LogP contribution is -2.29. The summed E-state index contributed by atoms with van der Waals surface area (Å²) >= 11 is 0. The molecule has 1 aliphatic carbocycles. The van der Waals surface area contributed by atoms with Gasteiger partial charge < -0.3 is 5.32 Å². The van der Waals surface area contributed by atoms with Gasteiger partial charge in [-0.3, -0.25) is 0 Å². The molecule has 0 amide bonds. The second kappa shape index (κ2) is 5.28. The van der Waals surface area contributed by atoms with Crippen LogP contribution in [0.1, 0.15) is 42.0 Å². The quantitative estimate of drug-likeness (QED) is 0.749. The van der Waals surface area contributed by atoms with Crippen LogP contribution >= 0.6 is 0 Å². The minimum Gasteiger partial charge on any atom is -0.378 e. The molecule has 0 spiro atoms. The molecule has 1 aliphatic heterocycles. The zero-order valence-corrected chi connectivity index (χ0v) is 12.7. The highest BCUT2D eigenvalue weighted by molar-refractivity contribution is 5.60. The molecule has 0 aromatic heterocycles. The number of halogens is 1. The molecule has 22 heavy (non-hydrogen) atoms. The number of benzene rings is 2. The molecule has 2 aliphatic rings. The first-order chi connectivity index (χ1) is 10.8. The number of fused-ring (bicyclic) bond motifs is 3. The first-order valence-electron chi connectivity index (χ1n) is 8.07. The summed E-state index contributed by atoms with van der Waals surface area (Å²) in [6.07, 6.45) is 6.71. The lowest BCUT2D eigenvalue weighted by Gasteiger charge is -2.37. The van der Waals surface area contributed by atoms with Crippen LogP contribution in [0.5, 0.6) is 0 Å². The van der Waals surface area contributed by atoms with Crippen molar-refractivity contribution in [2.45, 2.75) is 31.7 Å². The summed E-state index contributed by atoms with van der Waals surface area (Å²) in [6.45, 7) is 2.19. The Labute approximate surface area is 130 Å². The molecule has 2 aromatic carbocycles. The molecular weight excluding hydrogens is 273 g/mol. The SMILES string of the molecule is CCc1ccc2c(c1)[C@@H]1C=CC[C@@H]1[C@@H](c1cccc(F)c1)N2. The van der Waals surface area contributed by atoms with Gasteiger partial charge in [-0.05, 0) is 53.6 Å². The number of rotatable bonds is 2. The Kier molecular flexibility index (Phi) is 3.25. The van der Waals surface area contributed by atoms with Gasteiger partial charge in [0.2, 0.25) is 0 Å². The molecule has 3 atom stereocenters. The molecule has 0 bridgehead atoms. The predicted molar refractivity (Wildman–Crippen MR) is 88.6 cm³/mol. The Morgan fingerprint density at radius 1 is 1.18 bits per heavy atom. The molecule has 0 unspecified atom stereocenters. The van der Waals surface area contributed by atoms with Gasteiger partial charge in [0.25, 0.3) is 0 Å². The van der Waals surface area contributed by atoms with E-state index in [1.807, 2.05) is 6.07 Å². The molecule has 0 saturated carbocycles. The highest BCUT2D eigenvalue weighted by Gasteiger charge is 2.37. The van der Waals surface area contributed by atoms with Crippen LogP contribution in [-0.2, 0) is 6.42 Å². The smallest absolute Gasteiger partial charge is 0.123 e. The van der Waals surface area contributed by atoms with Crippen LogP contribution in [0.2, 0.25) is 0 Å². The van der Waals surface area contributed by atoms with E-state index in [4.69, 9.17) is 0 Å². The van der Waals surface area contributed by atoms with Crippen molar-refractivity contribution >= 4 is 5.69 Å². The van der Waals surface area contributed by atoms with Crippen LogP contribution in [0.15, 0.2) is 54.6 Å². The first kappa shape index (κ1) is 13.6. The second-order valence-electron chi connectivity index (χ2n) is 6.31. The van der Waals surface area contributed by atoms with Gasteiger partial charge in [0, 0.05) is 11.6 Å². The van der Waals surface area contributed by atoms with Gasteiger partial charge in [0.05, 0.1) is 6.04 Å².